The van der Waals surface area contributed by atoms with Gasteiger partial charge in [0.05, 0.1) is 12.3 Å². The molecular formula is C22H31IN4O2S. The number of benzene rings is 2. The standard InChI is InChI=1S/C22H30N4O2S.HI/c1-3-23-22(24-17-19-9-11-20(12-10-19)18-29(2,27)28)26-15-13-25(14-16-26)21-7-5-4-6-8-21;/h4-12H,3,13-18H2,1-2H3,(H,23,24);1H. The quantitative estimate of drug-likeness (QED) is 0.345. The molecule has 0 spiro atoms. The topological polar surface area (TPSA) is 65.0 Å². The van der Waals surface area contributed by atoms with Crippen molar-refractivity contribution in [1.29, 1.82) is 0 Å². The minimum Gasteiger partial charge on any atom is -0.368 e. The van der Waals surface area contributed by atoms with E-state index in [1.807, 2.05) is 30.3 Å². The van der Waals surface area contributed by atoms with Crippen LogP contribution >= 0.6 is 24.0 Å². The third-order valence-electron chi connectivity index (χ3n) is 4.90. The molecule has 1 aliphatic heterocycles. The predicted octanol–water partition coefficient (Wildman–Crippen LogP) is 3.14. The van der Waals surface area contributed by atoms with Gasteiger partial charge in [0.15, 0.2) is 15.8 Å². The van der Waals surface area contributed by atoms with Crippen LogP contribution in [0.3, 0.4) is 0 Å². The van der Waals surface area contributed by atoms with E-state index < -0.39 is 9.84 Å². The zero-order chi connectivity index (χ0) is 20.7. The Morgan fingerprint density at radius 2 is 1.57 bits per heavy atom. The van der Waals surface area contributed by atoms with E-state index >= 15 is 0 Å². The van der Waals surface area contributed by atoms with Crippen LogP contribution in [0.4, 0.5) is 5.69 Å². The maximum Gasteiger partial charge on any atom is 0.194 e. The third-order valence-corrected chi connectivity index (χ3v) is 5.76. The Kier molecular flexibility index (Phi) is 9.41. The summed E-state index contributed by atoms with van der Waals surface area (Å²) in [4.78, 5) is 9.51. The summed E-state index contributed by atoms with van der Waals surface area (Å²) in [5.41, 5.74) is 3.15. The first-order valence-electron chi connectivity index (χ1n) is 10.0. The average molecular weight is 542 g/mol. The van der Waals surface area contributed by atoms with Gasteiger partial charge in [0.1, 0.15) is 0 Å². The summed E-state index contributed by atoms with van der Waals surface area (Å²) in [6, 6.07) is 18.2. The van der Waals surface area contributed by atoms with Gasteiger partial charge in [-0.15, -0.1) is 24.0 Å². The van der Waals surface area contributed by atoms with Crippen molar-refractivity contribution in [3.8, 4) is 0 Å². The molecular weight excluding hydrogens is 511 g/mol. The predicted molar refractivity (Wildman–Crippen MR) is 135 cm³/mol. The number of rotatable bonds is 6. The number of hydrogen-bond donors (Lipinski definition) is 1. The van der Waals surface area contributed by atoms with Gasteiger partial charge in [0.2, 0.25) is 0 Å². The molecule has 0 unspecified atom stereocenters. The molecule has 6 nitrogen and oxygen atoms in total. The Balaban J connectivity index is 0.00000320. The van der Waals surface area contributed by atoms with E-state index in [4.69, 9.17) is 4.99 Å². The number of nitrogens with one attached hydrogen (secondary N) is 1. The van der Waals surface area contributed by atoms with Crippen LogP contribution in [0.15, 0.2) is 59.6 Å². The fraction of sp³-hybridized carbons (Fsp3) is 0.409. The molecule has 0 amide bonds. The van der Waals surface area contributed by atoms with Crippen LogP contribution in [-0.2, 0) is 22.1 Å². The Labute approximate surface area is 197 Å². The molecule has 2 aromatic carbocycles. The smallest absolute Gasteiger partial charge is 0.194 e. The van der Waals surface area contributed by atoms with Crippen LogP contribution < -0.4 is 10.2 Å². The monoisotopic (exact) mass is 542 g/mol. The van der Waals surface area contributed by atoms with Gasteiger partial charge in [0.25, 0.3) is 0 Å². The summed E-state index contributed by atoms with van der Waals surface area (Å²) >= 11 is 0. The molecule has 1 aliphatic rings. The van der Waals surface area contributed by atoms with Crippen molar-refractivity contribution in [2.45, 2.75) is 19.2 Å². The van der Waals surface area contributed by atoms with Crippen molar-refractivity contribution in [2.24, 2.45) is 4.99 Å². The fourth-order valence-electron chi connectivity index (χ4n) is 3.45. The van der Waals surface area contributed by atoms with E-state index in [-0.39, 0.29) is 29.7 Å². The highest BCUT2D eigenvalue weighted by Crippen LogP contribution is 2.16. The third kappa shape index (κ3) is 7.46. The molecule has 0 atom stereocenters. The summed E-state index contributed by atoms with van der Waals surface area (Å²) < 4.78 is 22.8. The van der Waals surface area contributed by atoms with Crippen LogP contribution in [0.25, 0.3) is 0 Å². The number of halogens is 1. The van der Waals surface area contributed by atoms with Gasteiger partial charge < -0.3 is 15.1 Å². The van der Waals surface area contributed by atoms with Crippen molar-refractivity contribution in [3.05, 3.63) is 65.7 Å². The van der Waals surface area contributed by atoms with E-state index in [9.17, 15) is 8.42 Å². The molecule has 30 heavy (non-hydrogen) atoms. The lowest BCUT2D eigenvalue weighted by Gasteiger charge is -2.37. The summed E-state index contributed by atoms with van der Waals surface area (Å²) in [5.74, 6) is 1.01. The first kappa shape index (κ1) is 24.5. The zero-order valence-electron chi connectivity index (χ0n) is 17.6. The van der Waals surface area contributed by atoms with Crippen molar-refractivity contribution >= 4 is 45.5 Å². The van der Waals surface area contributed by atoms with Crippen LogP contribution in [0.5, 0.6) is 0 Å². The minimum absolute atomic E-state index is 0. The lowest BCUT2D eigenvalue weighted by atomic mass is 10.1. The van der Waals surface area contributed by atoms with Crippen LogP contribution in [-0.4, -0.2) is 58.3 Å². The van der Waals surface area contributed by atoms with Gasteiger partial charge in [-0.1, -0.05) is 42.5 Å². The van der Waals surface area contributed by atoms with Gasteiger partial charge in [-0.05, 0) is 30.2 Å². The molecule has 1 heterocycles. The molecule has 0 bridgehead atoms. The van der Waals surface area contributed by atoms with Crippen LogP contribution in [0.1, 0.15) is 18.1 Å². The summed E-state index contributed by atoms with van der Waals surface area (Å²) in [6.07, 6.45) is 1.26. The summed E-state index contributed by atoms with van der Waals surface area (Å²) in [7, 11) is -3.01. The number of anilines is 1. The van der Waals surface area contributed by atoms with Gasteiger partial charge >= 0.3 is 0 Å². The summed E-state index contributed by atoms with van der Waals surface area (Å²) in [5, 5.41) is 3.40. The lowest BCUT2D eigenvalue weighted by Crippen LogP contribution is -2.52. The zero-order valence-corrected chi connectivity index (χ0v) is 20.8. The Hall–Kier alpha value is -1.81. The van der Waals surface area contributed by atoms with E-state index in [1.54, 1.807) is 0 Å². The van der Waals surface area contributed by atoms with E-state index in [1.165, 1.54) is 11.9 Å². The van der Waals surface area contributed by atoms with E-state index in [2.05, 4.69) is 46.3 Å². The van der Waals surface area contributed by atoms with Gasteiger partial charge in [-0.25, -0.2) is 13.4 Å². The second-order valence-electron chi connectivity index (χ2n) is 7.37. The highest BCUT2D eigenvalue weighted by Gasteiger charge is 2.19. The molecule has 0 aromatic heterocycles. The number of piperazine rings is 1. The Morgan fingerprint density at radius 3 is 2.13 bits per heavy atom. The van der Waals surface area contributed by atoms with Gasteiger partial charge in [-0.3, -0.25) is 0 Å². The molecule has 164 valence electrons. The van der Waals surface area contributed by atoms with Crippen molar-refractivity contribution in [2.75, 3.05) is 43.9 Å². The maximum atomic E-state index is 11.4. The molecule has 1 saturated heterocycles. The number of sulfone groups is 1. The lowest BCUT2D eigenvalue weighted by molar-refractivity contribution is 0.372. The highest BCUT2D eigenvalue weighted by atomic mass is 127. The molecule has 8 heteroatoms. The highest BCUT2D eigenvalue weighted by molar-refractivity contribution is 14.0. The van der Waals surface area contributed by atoms with Crippen molar-refractivity contribution < 1.29 is 8.42 Å². The van der Waals surface area contributed by atoms with Crippen molar-refractivity contribution in [1.82, 2.24) is 10.2 Å². The van der Waals surface area contributed by atoms with Crippen LogP contribution in [0, 0.1) is 0 Å². The van der Waals surface area contributed by atoms with Crippen molar-refractivity contribution in [3.63, 3.8) is 0 Å². The average Bonchev–Trinajstić information content (AvgIpc) is 2.72. The number of aliphatic imine (C=N–C) groups is 1. The molecule has 1 fully saturated rings. The first-order valence-corrected chi connectivity index (χ1v) is 12.1. The molecule has 0 saturated carbocycles. The van der Waals surface area contributed by atoms with Gasteiger partial charge in [-0.2, -0.15) is 0 Å². The molecule has 3 rings (SSSR count). The molecule has 0 radical (unpaired) electrons. The normalized spacial score (nSPS) is 14.9. The van der Waals surface area contributed by atoms with E-state index in [0.29, 0.717) is 6.54 Å². The largest absolute Gasteiger partial charge is 0.368 e. The van der Waals surface area contributed by atoms with Gasteiger partial charge in [0, 0.05) is 44.7 Å². The van der Waals surface area contributed by atoms with E-state index in [0.717, 1.165) is 49.8 Å². The second kappa shape index (κ2) is 11.5. The number of hydrogen-bond acceptors (Lipinski definition) is 4. The fourth-order valence-corrected chi connectivity index (χ4v) is 4.25. The first-order chi connectivity index (χ1) is 13.9. The number of nitrogens with zero attached hydrogens (tertiary/aromatic N) is 3. The minimum atomic E-state index is -3.01. The SMILES string of the molecule is CCNC(=NCc1ccc(CS(C)(=O)=O)cc1)N1CCN(c2ccccc2)CC1.I. The number of para-hydroxylation sites is 1. The Bertz CT molecular complexity index is 910. The maximum absolute atomic E-state index is 11.4. The molecule has 2 aromatic rings. The second-order valence-corrected chi connectivity index (χ2v) is 9.51. The number of guanidine groups is 1. The molecule has 1 N–H and O–H groups in total. The van der Waals surface area contributed by atoms with Crippen LogP contribution in [0.2, 0.25) is 0 Å². The summed E-state index contributed by atoms with van der Waals surface area (Å²) in [6.45, 7) is 7.26. The Morgan fingerprint density at radius 1 is 0.967 bits per heavy atom. The molecule has 0 aliphatic carbocycles.